The minimum absolute atomic E-state index is 0.0650. The van der Waals surface area contributed by atoms with E-state index in [-0.39, 0.29) is 11.4 Å². The normalized spacial score (nSPS) is 8.69. The third kappa shape index (κ3) is 2.45. The second kappa shape index (κ2) is 3.54. The molecule has 0 fully saturated rings. The third-order valence-corrected chi connectivity index (χ3v) is 1.21. The summed E-state index contributed by atoms with van der Waals surface area (Å²) in [6.45, 7) is 0. The highest BCUT2D eigenvalue weighted by molar-refractivity contribution is 5.92. The number of anilines is 1. The van der Waals surface area contributed by atoms with E-state index in [4.69, 9.17) is 11.5 Å². The predicted molar refractivity (Wildman–Crippen MR) is 44.7 cm³/mol. The molecule has 0 saturated heterocycles. The van der Waals surface area contributed by atoms with Crippen LogP contribution in [0.5, 0.6) is 0 Å². The summed E-state index contributed by atoms with van der Waals surface area (Å²) in [4.78, 5) is 13.8. The van der Waals surface area contributed by atoms with Crippen LogP contribution in [0.1, 0.15) is 5.56 Å². The molecule has 0 aliphatic heterocycles. The average Bonchev–Trinajstić information content (AvgIpc) is 2.06. The standard InChI is InChI=1S/C8H6FN3O/c9-6-3-5(1-2-7(10)13)8(11)12-4-6/h3-4H,(H2,10,13)(H2,11,12). The molecule has 0 bridgehead atoms. The molecule has 1 amide bonds. The van der Waals surface area contributed by atoms with Gasteiger partial charge in [0.15, 0.2) is 0 Å². The summed E-state index contributed by atoms with van der Waals surface area (Å²) in [5.74, 6) is 3.03. The largest absolute Gasteiger partial charge is 0.383 e. The molecule has 4 N–H and O–H groups in total. The van der Waals surface area contributed by atoms with E-state index in [2.05, 4.69) is 10.9 Å². The quantitative estimate of drug-likeness (QED) is 0.533. The van der Waals surface area contributed by atoms with E-state index < -0.39 is 11.7 Å². The molecule has 0 aliphatic rings. The molecular weight excluding hydrogens is 173 g/mol. The van der Waals surface area contributed by atoms with Crippen LogP contribution in [0, 0.1) is 17.7 Å². The van der Waals surface area contributed by atoms with Crippen LogP contribution in [0.25, 0.3) is 0 Å². The Hall–Kier alpha value is -2.09. The highest BCUT2D eigenvalue weighted by atomic mass is 19.1. The number of hydrogen-bond donors (Lipinski definition) is 2. The zero-order valence-electron chi connectivity index (χ0n) is 6.54. The van der Waals surface area contributed by atoms with E-state index >= 15 is 0 Å². The van der Waals surface area contributed by atoms with Gasteiger partial charge < -0.3 is 11.5 Å². The average molecular weight is 179 g/mol. The Morgan fingerprint density at radius 1 is 1.62 bits per heavy atom. The molecule has 0 aromatic carbocycles. The molecule has 0 spiro atoms. The van der Waals surface area contributed by atoms with Gasteiger partial charge in [0.1, 0.15) is 11.6 Å². The molecule has 13 heavy (non-hydrogen) atoms. The van der Waals surface area contributed by atoms with Crippen LogP contribution in [0.15, 0.2) is 12.3 Å². The number of primary amides is 1. The van der Waals surface area contributed by atoms with Gasteiger partial charge in [0.05, 0.1) is 11.8 Å². The maximum atomic E-state index is 12.6. The minimum Gasteiger partial charge on any atom is -0.383 e. The highest BCUT2D eigenvalue weighted by Crippen LogP contribution is 2.07. The Bertz CT molecular complexity index is 406. The van der Waals surface area contributed by atoms with E-state index in [1.165, 1.54) is 0 Å². The summed E-state index contributed by atoms with van der Waals surface area (Å²) < 4.78 is 12.6. The van der Waals surface area contributed by atoms with Gasteiger partial charge in [-0.05, 0) is 6.07 Å². The first-order chi connectivity index (χ1) is 6.09. The van der Waals surface area contributed by atoms with Crippen molar-refractivity contribution in [2.45, 2.75) is 0 Å². The van der Waals surface area contributed by atoms with Gasteiger partial charge in [0.2, 0.25) is 0 Å². The van der Waals surface area contributed by atoms with Crippen molar-refractivity contribution in [3.05, 3.63) is 23.6 Å². The summed E-state index contributed by atoms with van der Waals surface area (Å²) in [6.07, 6.45) is 0.963. The van der Waals surface area contributed by atoms with Crippen LogP contribution >= 0.6 is 0 Å². The van der Waals surface area contributed by atoms with Crippen LogP contribution < -0.4 is 11.5 Å². The minimum atomic E-state index is -0.802. The van der Waals surface area contributed by atoms with Crippen LogP contribution in [-0.2, 0) is 4.79 Å². The van der Waals surface area contributed by atoms with Crippen LogP contribution in [-0.4, -0.2) is 10.9 Å². The molecule has 0 aliphatic carbocycles. The number of pyridine rings is 1. The second-order valence-electron chi connectivity index (χ2n) is 2.20. The van der Waals surface area contributed by atoms with E-state index in [0.29, 0.717) is 0 Å². The molecule has 5 heteroatoms. The summed E-state index contributed by atoms with van der Waals surface area (Å²) in [5, 5.41) is 0. The smallest absolute Gasteiger partial charge is 0.293 e. The number of carbonyl (C=O) groups is 1. The SMILES string of the molecule is NC(=O)C#Cc1cc(F)cnc1N. The fourth-order valence-electron chi connectivity index (χ4n) is 0.679. The first-order valence-electron chi connectivity index (χ1n) is 3.32. The molecule has 1 aromatic heterocycles. The Labute approximate surface area is 73.8 Å². The van der Waals surface area contributed by atoms with E-state index in [9.17, 15) is 9.18 Å². The van der Waals surface area contributed by atoms with Crippen molar-refractivity contribution >= 4 is 11.7 Å². The number of halogens is 1. The molecular formula is C8H6FN3O. The van der Waals surface area contributed by atoms with E-state index in [1.807, 2.05) is 5.92 Å². The second-order valence-corrected chi connectivity index (χ2v) is 2.20. The number of nitrogens with two attached hydrogens (primary N) is 2. The molecule has 1 heterocycles. The van der Waals surface area contributed by atoms with Gasteiger partial charge in [-0.3, -0.25) is 4.79 Å². The monoisotopic (exact) mass is 179 g/mol. The maximum absolute atomic E-state index is 12.6. The molecule has 0 radical (unpaired) electrons. The molecule has 1 rings (SSSR count). The molecule has 0 saturated carbocycles. The zero-order chi connectivity index (χ0) is 9.84. The Morgan fingerprint density at radius 2 is 2.31 bits per heavy atom. The molecule has 66 valence electrons. The number of nitrogens with zero attached hydrogens (tertiary/aromatic N) is 1. The van der Waals surface area contributed by atoms with Gasteiger partial charge in [0.25, 0.3) is 5.91 Å². The fourth-order valence-corrected chi connectivity index (χ4v) is 0.679. The van der Waals surface area contributed by atoms with Gasteiger partial charge >= 0.3 is 0 Å². The third-order valence-electron chi connectivity index (χ3n) is 1.21. The number of hydrogen-bond acceptors (Lipinski definition) is 3. The Morgan fingerprint density at radius 3 is 2.92 bits per heavy atom. The van der Waals surface area contributed by atoms with Gasteiger partial charge in [-0.2, -0.15) is 0 Å². The summed E-state index contributed by atoms with van der Waals surface area (Å²) in [5.41, 5.74) is 10.3. The van der Waals surface area contributed by atoms with Crippen molar-refractivity contribution in [1.29, 1.82) is 0 Å². The summed E-state index contributed by atoms with van der Waals surface area (Å²) >= 11 is 0. The molecule has 0 unspecified atom stereocenters. The van der Waals surface area contributed by atoms with Gasteiger partial charge in [-0.25, -0.2) is 9.37 Å². The van der Waals surface area contributed by atoms with E-state index in [1.54, 1.807) is 0 Å². The Kier molecular flexibility index (Phi) is 2.45. The summed E-state index contributed by atoms with van der Waals surface area (Å²) in [6, 6.07) is 1.08. The van der Waals surface area contributed by atoms with Crippen molar-refractivity contribution < 1.29 is 9.18 Å². The first kappa shape index (κ1) is 9.00. The maximum Gasteiger partial charge on any atom is 0.293 e. The lowest BCUT2D eigenvalue weighted by Gasteiger charge is -1.95. The van der Waals surface area contributed by atoms with Crippen LogP contribution in [0.2, 0.25) is 0 Å². The van der Waals surface area contributed by atoms with Crippen molar-refractivity contribution in [3.63, 3.8) is 0 Å². The predicted octanol–water partition coefficient (Wildman–Crippen LogP) is -0.360. The van der Waals surface area contributed by atoms with Gasteiger partial charge in [-0.15, -0.1) is 0 Å². The van der Waals surface area contributed by atoms with Crippen LogP contribution in [0.4, 0.5) is 10.2 Å². The zero-order valence-corrected chi connectivity index (χ0v) is 6.54. The van der Waals surface area contributed by atoms with Gasteiger partial charge in [0, 0.05) is 5.92 Å². The van der Waals surface area contributed by atoms with Crippen molar-refractivity contribution in [3.8, 4) is 11.8 Å². The lowest BCUT2D eigenvalue weighted by Crippen LogP contribution is -2.06. The van der Waals surface area contributed by atoms with E-state index in [0.717, 1.165) is 12.3 Å². The number of carbonyl (C=O) groups excluding carboxylic acids is 1. The lowest BCUT2D eigenvalue weighted by molar-refractivity contribution is -0.112. The summed E-state index contributed by atoms with van der Waals surface area (Å²) in [7, 11) is 0. The first-order valence-corrected chi connectivity index (χ1v) is 3.32. The van der Waals surface area contributed by atoms with Crippen molar-refractivity contribution in [2.75, 3.05) is 5.73 Å². The van der Waals surface area contributed by atoms with Gasteiger partial charge in [-0.1, -0.05) is 5.92 Å². The number of rotatable bonds is 0. The molecule has 4 nitrogen and oxygen atoms in total. The number of aromatic nitrogens is 1. The lowest BCUT2D eigenvalue weighted by atomic mass is 10.2. The Balaban J connectivity index is 3.09. The topological polar surface area (TPSA) is 82.0 Å². The van der Waals surface area contributed by atoms with Crippen molar-refractivity contribution in [2.24, 2.45) is 5.73 Å². The molecule has 0 atom stereocenters. The molecule has 1 aromatic rings. The highest BCUT2D eigenvalue weighted by Gasteiger charge is 1.98. The van der Waals surface area contributed by atoms with Crippen molar-refractivity contribution in [1.82, 2.24) is 4.98 Å². The van der Waals surface area contributed by atoms with Crippen LogP contribution in [0.3, 0.4) is 0 Å². The fraction of sp³-hybridized carbons (Fsp3) is 0. The number of nitrogen functional groups attached to an aromatic ring is 1. The number of amides is 1.